The van der Waals surface area contributed by atoms with Crippen LogP contribution >= 0.6 is 0 Å². The summed E-state index contributed by atoms with van der Waals surface area (Å²) in [4.78, 5) is 23.0. The van der Waals surface area contributed by atoms with Crippen molar-refractivity contribution in [2.45, 2.75) is 18.9 Å². The summed E-state index contributed by atoms with van der Waals surface area (Å²) in [5, 5.41) is 4.20. The number of ether oxygens (including phenoxy) is 1. The summed E-state index contributed by atoms with van der Waals surface area (Å²) in [6.07, 6.45) is 8.38. The number of amides is 1. The quantitative estimate of drug-likeness (QED) is 0.757. The topological polar surface area (TPSA) is 98.6 Å². The second-order valence-corrected chi connectivity index (χ2v) is 6.32. The molecular weight excluding hydrogens is 332 g/mol. The largest absolute Gasteiger partial charge is 0.384 e. The van der Waals surface area contributed by atoms with Gasteiger partial charge in [0.25, 0.3) is 5.91 Å². The molecular formula is C18H20N6O2. The van der Waals surface area contributed by atoms with E-state index >= 15 is 0 Å². The van der Waals surface area contributed by atoms with Crippen LogP contribution in [0.25, 0.3) is 5.65 Å². The molecule has 3 aromatic heterocycles. The summed E-state index contributed by atoms with van der Waals surface area (Å²) in [6, 6.07) is 5.61. The molecule has 0 aliphatic carbocycles. The lowest BCUT2D eigenvalue weighted by atomic mass is 10.1. The Hall–Kier alpha value is -3.00. The van der Waals surface area contributed by atoms with Crippen molar-refractivity contribution in [3.63, 3.8) is 0 Å². The third kappa shape index (κ3) is 3.36. The second-order valence-electron chi connectivity index (χ2n) is 6.32. The minimum atomic E-state index is -0.0554. The number of aromatic nitrogens is 4. The van der Waals surface area contributed by atoms with Gasteiger partial charge in [-0.25, -0.2) is 14.5 Å². The van der Waals surface area contributed by atoms with Crippen molar-refractivity contribution in [2.24, 2.45) is 0 Å². The number of hydrogen-bond donors (Lipinski definition) is 1. The van der Waals surface area contributed by atoms with Gasteiger partial charge in [-0.3, -0.25) is 4.79 Å². The van der Waals surface area contributed by atoms with E-state index in [2.05, 4.69) is 15.1 Å². The summed E-state index contributed by atoms with van der Waals surface area (Å²) in [5.74, 6) is 0.463. The van der Waals surface area contributed by atoms with Crippen molar-refractivity contribution in [3.05, 3.63) is 54.1 Å². The Balaban J connectivity index is 1.42. The Morgan fingerprint density at radius 1 is 1.35 bits per heavy atom. The first-order chi connectivity index (χ1) is 12.7. The summed E-state index contributed by atoms with van der Waals surface area (Å²) in [6.45, 7) is 1.66. The Kier molecular flexibility index (Phi) is 4.49. The number of fused-ring (bicyclic) bond motifs is 1. The fourth-order valence-electron chi connectivity index (χ4n) is 3.20. The maximum atomic E-state index is 12.9. The molecule has 26 heavy (non-hydrogen) atoms. The van der Waals surface area contributed by atoms with Crippen molar-refractivity contribution < 1.29 is 9.53 Å². The molecule has 0 aromatic carbocycles. The number of pyridine rings is 1. The van der Waals surface area contributed by atoms with E-state index in [1.807, 2.05) is 17.0 Å². The molecule has 8 nitrogen and oxygen atoms in total. The van der Waals surface area contributed by atoms with Gasteiger partial charge in [-0.2, -0.15) is 5.10 Å². The molecule has 1 amide bonds. The fourth-order valence-corrected chi connectivity index (χ4v) is 3.20. The predicted octanol–water partition coefficient (Wildman–Crippen LogP) is 1.18. The third-order valence-corrected chi connectivity index (χ3v) is 4.54. The number of rotatable bonds is 4. The summed E-state index contributed by atoms with van der Waals surface area (Å²) >= 11 is 0. The molecule has 1 fully saturated rings. The molecule has 4 rings (SSSR count). The molecule has 0 spiro atoms. The molecule has 0 saturated carbocycles. The first-order valence-electron chi connectivity index (χ1n) is 8.60. The number of aryl methyl sites for hydroxylation is 1. The van der Waals surface area contributed by atoms with Crippen molar-refractivity contribution >= 4 is 17.4 Å². The SMILES string of the molecule is Nc1cc(CCC2CN(C(=O)c3cnn4cccnc34)CCO2)ccn1. The number of hydrogen-bond acceptors (Lipinski definition) is 6. The van der Waals surface area contributed by atoms with Crippen molar-refractivity contribution in [1.82, 2.24) is 24.5 Å². The van der Waals surface area contributed by atoms with Crippen LogP contribution in [0.4, 0.5) is 5.82 Å². The molecule has 0 bridgehead atoms. The van der Waals surface area contributed by atoms with Crippen LogP contribution in [0.3, 0.4) is 0 Å². The fraction of sp³-hybridized carbons (Fsp3) is 0.333. The van der Waals surface area contributed by atoms with Crippen LogP contribution in [-0.2, 0) is 11.2 Å². The van der Waals surface area contributed by atoms with Gasteiger partial charge in [-0.1, -0.05) is 0 Å². The monoisotopic (exact) mass is 352 g/mol. The number of nitrogens with two attached hydrogens (primary N) is 1. The van der Waals surface area contributed by atoms with E-state index in [0.717, 1.165) is 18.4 Å². The minimum Gasteiger partial charge on any atom is -0.384 e. The van der Waals surface area contributed by atoms with Gasteiger partial charge < -0.3 is 15.4 Å². The van der Waals surface area contributed by atoms with E-state index in [4.69, 9.17) is 10.5 Å². The number of anilines is 1. The van der Waals surface area contributed by atoms with Gasteiger partial charge in [-0.15, -0.1) is 0 Å². The van der Waals surface area contributed by atoms with Gasteiger partial charge in [0.15, 0.2) is 5.65 Å². The van der Waals surface area contributed by atoms with Crippen LogP contribution in [-0.4, -0.2) is 56.2 Å². The maximum absolute atomic E-state index is 12.9. The smallest absolute Gasteiger partial charge is 0.259 e. The zero-order chi connectivity index (χ0) is 17.9. The van der Waals surface area contributed by atoms with Crippen molar-refractivity contribution in [1.29, 1.82) is 0 Å². The molecule has 134 valence electrons. The van der Waals surface area contributed by atoms with Gasteiger partial charge in [0.2, 0.25) is 0 Å². The molecule has 0 radical (unpaired) electrons. The average Bonchev–Trinajstić information content (AvgIpc) is 3.10. The summed E-state index contributed by atoms with van der Waals surface area (Å²) < 4.78 is 7.45. The number of carbonyl (C=O) groups excluding carboxylic acids is 1. The van der Waals surface area contributed by atoms with E-state index in [9.17, 15) is 4.79 Å². The Bertz CT molecular complexity index is 925. The standard InChI is InChI=1S/C18H20N6O2/c19-16-10-13(4-6-20-16)2-3-14-12-23(8-9-26-14)18(25)15-11-22-24-7-1-5-21-17(15)24/h1,4-7,10-11,14H,2-3,8-9,12H2,(H2,19,20). The normalized spacial score (nSPS) is 17.5. The molecule has 1 atom stereocenters. The summed E-state index contributed by atoms with van der Waals surface area (Å²) in [5.41, 5.74) is 7.94. The van der Waals surface area contributed by atoms with Crippen LogP contribution in [0, 0.1) is 0 Å². The van der Waals surface area contributed by atoms with Crippen LogP contribution in [0.2, 0.25) is 0 Å². The van der Waals surface area contributed by atoms with Crippen LogP contribution in [0.1, 0.15) is 22.3 Å². The number of nitrogens with zero attached hydrogens (tertiary/aromatic N) is 5. The lowest BCUT2D eigenvalue weighted by Crippen LogP contribution is -2.45. The molecule has 1 aliphatic heterocycles. The molecule has 8 heteroatoms. The first kappa shape index (κ1) is 16.5. The lowest BCUT2D eigenvalue weighted by molar-refractivity contribution is -0.0245. The number of morpholine rings is 1. The van der Waals surface area contributed by atoms with E-state index in [0.29, 0.717) is 36.7 Å². The Labute approximate surface area is 150 Å². The highest BCUT2D eigenvalue weighted by molar-refractivity contribution is 5.99. The maximum Gasteiger partial charge on any atom is 0.259 e. The van der Waals surface area contributed by atoms with Crippen molar-refractivity contribution in [3.8, 4) is 0 Å². The molecule has 2 N–H and O–H groups in total. The van der Waals surface area contributed by atoms with E-state index in [1.165, 1.54) is 0 Å². The Morgan fingerprint density at radius 3 is 3.15 bits per heavy atom. The highest BCUT2D eigenvalue weighted by atomic mass is 16.5. The van der Waals surface area contributed by atoms with Crippen LogP contribution < -0.4 is 5.73 Å². The molecule has 3 aromatic rings. The number of nitrogen functional groups attached to an aromatic ring is 1. The highest BCUT2D eigenvalue weighted by Crippen LogP contribution is 2.17. The third-order valence-electron chi connectivity index (χ3n) is 4.54. The molecule has 1 saturated heterocycles. The van der Waals surface area contributed by atoms with Gasteiger partial charge >= 0.3 is 0 Å². The van der Waals surface area contributed by atoms with Gasteiger partial charge in [0.05, 0.1) is 18.9 Å². The molecule has 1 unspecified atom stereocenters. The van der Waals surface area contributed by atoms with E-state index in [1.54, 1.807) is 35.4 Å². The highest BCUT2D eigenvalue weighted by Gasteiger charge is 2.27. The van der Waals surface area contributed by atoms with Gasteiger partial charge in [-0.05, 0) is 36.6 Å². The first-order valence-corrected chi connectivity index (χ1v) is 8.60. The van der Waals surface area contributed by atoms with Crippen LogP contribution in [0.15, 0.2) is 43.0 Å². The van der Waals surface area contributed by atoms with Gasteiger partial charge in [0, 0.05) is 31.7 Å². The average molecular weight is 352 g/mol. The number of carbonyl (C=O) groups is 1. The van der Waals surface area contributed by atoms with Gasteiger partial charge in [0.1, 0.15) is 11.4 Å². The van der Waals surface area contributed by atoms with Crippen molar-refractivity contribution in [2.75, 3.05) is 25.4 Å². The van der Waals surface area contributed by atoms with Crippen LogP contribution in [0.5, 0.6) is 0 Å². The lowest BCUT2D eigenvalue weighted by Gasteiger charge is -2.32. The second kappa shape index (κ2) is 7.09. The van der Waals surface area contributed by atoms with E-state index in [-0.39, 0.29) is 12.0 Å². The predicted molar refractivity (Wildman–Crippen MR) is 95.6 cm³/mol. The Morgan fingerprint density at radius 2 is 2.27 bits per heavy atom. The molecule has 4 heterocycles. The van der Waals surface area contributed by atoms with E-state index < -0.39 is 0 Å². The zero-order valence-electron chi connectivity index (χ0n) is 14.3. The molecule has 1 aliphatic rings. The summed E-state index contributed by atoms with van der Waals surface area (Å²) in [7, 11) is 0. The zero-order valence-corrected chi connectivity index (χ0v) is 14.3. The minimum absolute atomic E-state index is 0.00288.